The minimum absolute atomic E-state index is 0.0437. The molecule has 4 fully saturated rings. The number of hydrogen-bond donors (Lipinski definition) is 2. The second-order valence-electron chi connectivity index (χ2n) is 8.16. The lowest BCUT2D eigenvalue weighted by Gasteiger charge is -2.55. The maximum absolute atomic E-state index is 13.1. The van der Waals surface area contributed by atoms with E-state index in [1.165, 1.54) is 19.3 Å². The van der Waals surface area contributed by atoms with Crippen molar-refractivity contribution in [3.8, 4) is 0 Å². The van der Waals surface area contributed by atoms with Crippen LogP contribution in [0.15, 0.2) is 18.2 Å². The lowest BCUT2D eigenvalue weighted by atomic mass is 9.49. The lowest BCUT2D eigenvalue weighted by molar-refractivity contribution is -0.140. The van der Waals surface area contributed by atoms with E-state index in [9.17, 15) is 14.4 Å². The van der Waals surface area contributed by atoms with Crippen LogP contribution in [-0.4, -0.2) is 17.7 Å². The fourth-order valence-corrected chi connectivity index (χ4v) is 5.97. The van der Waals surface area contributed by atoms with Crippen molar-refractivity contribution in [1.82, 2.24) is 5.32 Å². The number of amides is 3. The second-order valence-corrected chi connectivity index (χ2v) is 8.16. The molecule has 0 atom stereocenters. The van der Waals surface area contributed by atoms with Crippen LogP contribution in [0, 0.1) is 23.2 Å². The fourth-order valence-electron chi connectivity index (χ4n) is 5.97. The van der Waals surface area contributed by atoms with Crippen molar-refractivity contribution >= 4 is 23.4 Å². The Labute approximate surface area is 140 Å². The van der Waals surface area contributed by atoms with Gasteiger partial charge >= 0.3 is 0 Å². The van der Waals surface area contributed by atoms with Crippen LogP contribution in [0.3, 0.4) is 0 Å². The van der Waals surface area contributed by atoms with Crippen LogP contribution in [0.1, 0.15) is 59.2 Å². The highest BCUT2D eigenvalue weighted by Gasteiger charge is 2.54. The van der Waals surface area contributed by atoms with Crippen molar-refractivity contribution < 1.29 is 14.4 Å². The van der Waals surface area contributed by atoms with Crippen LogP contribution in [0.25, 0.3) is 0 Å². The summed E-state index contributed by atoms with van der Waals surface area (Å²) in [6.45, 7) is 0. The van der Waals surface area contributed by atoms with Crippen molar-refractivity contribution in [1.29, 1.82) is 0 Å². The van der Waals surface area contributed by atoms with Crippen LogP contribution >= 0.6 is 0 Å². The molecule has 124 valence electrons. The standard InChI is InChI=1S/C19H20N2O3/c22-16-13-2-1-3-14(15(13)17(23)21-16)20-18(24)19-7-10-4-11(8-19)6-12(5-10)9-19/h1-3,10-12H,4-9H2,(H,20,24)(H,21,22,23). The van der Waals surface area contributed by atoms with Gasteiger partial charge in [-0.3, -0.25) is 19.7 Å². The van der Waals surface area contributed by atoms with E-state index in [0.717, 1.165) is 19.3 Å². The van der Waals surface area contributed by atoms with Gasteiger partial charge in [0.25, 0.3) is 11.8 Å². The number of carbonyl (C=O) groups excluding carboxylic acids is 3. The van der Waals surface area contributed by atoms with Crippen LogP contribution in [0.4, 0.5) is 5.69 Å². The van der Waals surface area contributed by atoms with Gasteiger partial charge in [-0.15, -0.1) is 0 Å². The molecule has 5 nitrogen and oxygen atoms in total. The zero-order chi connectivity index (χ0) is 16.5. The highest BCUT2D eigenvalue weighted by Crippen LogP contribution is 2.60. The summed E-state index contributed by atoms with van der Waals surface area (Å²) in [4.78, 5) is 37.0. The van der Waals surface area contributed by atoms with E-state index in [1.807, 2.05) is 0 Å². The summed E-state index contributed by atoms with van der Waals surface area (Å²) in [6.07, 6.45) is 6.78. The van der Waals surface area contributed by atoms with Gasteiger partial charge in [0.2, 0.25) is 5.91 Å². The first kappa shape index (κ1) is 14.2. The molecule has 6 rings (SSSR count). The van der Waals surface area contributed by atoms with Crippen LogP contribution in [0.5, 0.6) is 0 Å². The molecule has 2 N–H and O–H groups in total. The Morgan fingerprint density at radius 3 is 2.25 bits per heavy atom. The Morgan fingerprint density at radius 1 is 1.00 bits per heavy atom. The average Bonchev–Trinajstić information content (AvgIpc) is 2.81. The molecule has 0 aromatic heterocycles. The number of anilines is 1. The first-order chi connectivity index (χ1) is 11.5. The Bertz CT molecular complexity index is 748. The van der Waals surface area contributed by atoms with Crippen LogP contribution in [0.2, 0.25) is 0 Å². The van der Waals surface area contributed by atoms with Crippen molar-refractivity contribution in [2.24, 2.45) is 23.2 Å². The number of fused-ring (bicyclic) bond motifs is 1. The summed E-state index contributed by atoms with van der Waals surface area (Å²) in [5.41, 5.74) is 0.858. The summed E-state index contributed by atoms with van der Waals surface area (Å²) in [7, 11) is 0. The Hall–Kier alpha value is -2.17. The zero-order valence-corrected chi connectivity index (χ0v) is 13.4. The molecule has 24 heavy (non-hydrogen) atoms. The smallest absolute Gasteiger partial charge is 0.261 e. The van der Waals surface area contributed by atoms with Gasteiger partial charge in [0.1, 0.15) is 0 Å². The van der Waals surface area contributed by atoms with Gasteiger partial charge in [-0.05, 0) is 68.4 Å². The third-order valence-electron chi connectivity index (χ3n) is 6.53. The summed E-state index contributed by atoms with van der Waals surface area (Å²) in [5.74, 6) is 1.30. The summed E-state index contributed by atoms with van der Waals surface area (Å²) >= 11 is 0. The number of rotatable bonds is 2. The average molecular weight is 324 g/mol. The van der Waals surface area contributed by atoms with Gasteiger partial charge in [0.05, 0.1) is 22.2 Å². The molecule has 1 heterocycles. The fraction of sp³-hybridized carbons (Fsp3) is 0.526. The Kier molecular flexibility index (Phi) is 2.77. The third-order valence-corrected chi connectivity index (χ3v) is 6.53. The molecular weight excluding hydrogens is 304 g/mol. The van der Waals surface area contributed by atoms with Crippen LogP contribution < -0.4 is 10.6 Å². The summed E-state index contributed by atoms with van der Waals surface area (Å²) in [5, 5.41) is 5.30. The second kappa shape index (κ2) is 4.68. The SMILES string of the molecule is O=C1NC(=O)c2c(NC(=O)C34CC5CC(CC(C5)C3)C4)cccc21. The van der Waals surface area contributed by atoms with Crippen molar-refractivity contribution in [3.05, 3.63) is 29.3 Å². The number of carbonyl (C=O) groups is 3. The third kappa shape index (κ3) is 1.90. The molecule has 0 radical (unpaired) electrons. The van der Waals surface area contributed by atoms with Gasteiger partial charge in [0, 0.05) is 0 Å². The largest absolute Gasteiger partial charge is 0.325 e. The molecule has 3 amide bonds. The molecule has 1 aliphatic heterocycles. The van der Waals surface area contributed by atoms with E-state index < -0.39 is 5.91 Å². The molecule has 0 spiro atoms. The van der Waals surface area contributed by atoms with Crippen molar-refractivity contribution in [2.45, 2.75) is 38.5 Å². The molecule has 5 heteroatoms. The van der Waals surface area contributed by atoms with Crippen molar-refractivity contribution in [3.63, 3.8) is 0 Å². The number of imide groups is 1. The van der Waals surface area contributed by atoms with E-state index >= 15 is 0 Å². The van der Waals surface area contributed by atoms with Gasteiger partial charge in [-0.2, -0.15) is 0 Å². The quantitative estimate of drug-likeness (QED) is 0.821. The van der Waals surface area contributed by atoms with E-state index in [2.05, 4.69) is 10.6 Å². The number of benzene rings is 1. The highest BCUT2D eigenvalue weighted by atomic mass is 16.2. The number of hydrogen-bond acceptors (Lipinski definition) is 3. The Morgan fingerprint density at radius 2 is 1.62 bits per heavy atom. The van der Waals surface area contributed by atoms with Gasteiger partial charge in [0.15, 0.2) is 0 Å². The predicted octanol–water partition coefficient (Wildman–Crippen LogP) is 2.73. The Balaban J connectivity index is 1.46. The molecule has 1 aromatic carbocycles. The summed E-state index contributed by atoms with van der Waals surface area (Å²) < 4.78 is 0. The van der Waals surface area contributed by atoms with E-state index in [4.69, 9.17) is 0 Å². The molecule has 1 aromatic rings. The predicted molar refractivity (Wildman–Crippen MR) is 87.5 cm³/mol. The van der Waals surface area contributed by atoms with E-state index in [0.29, 0.717) is 34.6 Å². The zero-order valence-electron chi connectivity index (χ0n) is 13.4. The first-order valence-corrected chi connectivity index (χ1v) is 8.84. The maximum Gasteiger partial charge on any atom is 0.261 e. The molecular formula is C19H20N2O3. The molecule has 4 aliphatic carbocycles. The van der Waals surface area contributed by atoms with E-state index in [1.54, 1.807) is 18.2 Å². The number of nitrogens with one attached hydrogen (secondary N) is 2. The molecule has 0 unspecified atom stereocenters. The summed E-state index contributed by atoms with van der Waals surface area (Å²) in [6, 6.07) is 5.05. The highest BCUT2D eigenvalue weighted by molar-refractivity contribution is 6.24. The first-order valence-electron chi connectivity index (χ1n) is 8.84. The monoisotopic (exact) mass is 324 g/mol. The molecule has 5 aliphatic rings. The minimum atomic E-state index is -0.420. The van der Waals surface area contributed by atoms with Gasteiger partial charge in [-0.1, -0.05) is 6.07 Å². The topological polar surface area (TPSA) is 75.3 Å². The van der Waals surface area contributed by atoms with E-state index in [-0.39, 0.29) is 17.2 Å². The molecule has 4 saturated carbocycles. The molecule has 4 bridgehead atoms. The van der Waals surface area contributed by atoms with Gasteiger partial charge < -0.3 is 5.32 Å². The van der Waals surface area contributed by atoms with Gasteiger partial charge in [-0.25, -0.2) is 0 Å². The minimum Gasteiger partial charge on any atom is -0.325 e. The van der Waals surface area contributed by atoms with Crippen LogP contribution in [-0.2, 0) is 4.79 Å². The normalized spacial score (nSPS) is 35.8. The maximum atomic E-state index is 13.1. The van der Waals surface area contributed by atoms with Crippen molar-refractivity contribution in [2.75, 3.05) is 5.32 Å². The molecule has 0 saturated heterocycles. The lowest BCUT2D eigenvalue weighted by Crippen LogP contribution is -2.51.